The molecule has 2 aromatic carbocycles. The standard InChI is InChI=1S/C23H22Br2N2O3/c1-2-13-7-3-5-9-19(13)26-21(28)14-8-4-6-10-20(14)27-22(29)15-11-17(24)18(25)12-16(15)23(27)30/h3-10,15-18H,2,11-12H2,1H3,(H,26,28)/t15-,16+,17-,18-/m0/s1. The number of carbonyl (C=O) groups is 3. The fraction of sp³-hybridized carbons (Fsp3) is 0.348. The molecule has 3 amide bonds. The predicted octanol–water partition coefficient (Wildman–Crippen LogP) is 4.93. The molecule has 0 aromatic heterocycles. The average Bonchev–Trinajstić information content (AvgIpc) is 2.98. The van der Waals surface area contributed by atoms with Gasteiger partial charge in [-0.3, -0.25) is 14.4 Å². The van der Waals surface area contributed by atoms with E-state index in [0.717, 1.165) is 17.7 Å². The molecule has 4 atom stereocenters. The number of halogens is 2. The highest BCUT2D eigenvalue weighted by Gasteiger charge is 2.52. The summed E-state index contributed by atoms with van der Waals surface area (Å²) in [5.74, 6) is -1.48. The van der Waals surface area contributed by atoms with Crippen LogP contribution in [0.5, 0.6) is 0 Å². The predicted molar refractivity (Wildman–Crippen MR) is 124 cm³/mol. The normalized spacial score (nSPS) is 25.9. The lowest BCUT2D eigenvalue weighted by Gasteiger charge is -2.29. The van der Waals surface area contributed by atoms with Gasteiger partial charge in [0.25, 0.3) is 5.91 Å². The number of hydrogen-bond acceptors (Lipinski definition) is 3. The summed E-state index contributed by atoms with van der Waals surface area (Å²) in [7, 11) is 0. The highest BCUT2D eigenvalue weighted by molar-refractivity contribution is 9.12. The fourth-order valence-corrected chi connectivity index (χ4v) is 5.57. The van der Waals surface area contributed by atoms with E-state index in [1.807, 2.05) is 31.2 Å². The molecule has 0 unspecified atom stereocenters. The van der Waals surface area contributed by atoms with Gasteiger partial charge in [0.2, 0.25) is 11.8 Å². The molecule has 156 valence electrons. The van der Waals surface area contributed by atoms with E-state index in [1.54, 1.807) is 24.3 Å². The monoisotopic (exact) mass is 532 g/mol. The van der Waals surface area contributed by atoms with Crippen molar-refractivity contribution in [2.45, 2.75) is 35.8 Å². The number of nitrogens with one attached hydrogen (secondary N) is 1. The van der Waals surface area contributed by atoms with Crippen LogP contribution >= 0.6 is 31.9 Å². The molecule has 4 rings (SSSR count). The third-order valence-corrected chi connectivity index (χ3v) is 8.68. The van der Waals surface area contributed by atoms with Crippen LogP contribution in [0.3, 0.4) is 0 Å². The number of amides is 3. The van der Waals surface area contributed by atoms with E-state index in [9.17, 15) is 14.4 Å². The van der Waals surface area contributed by atoms with Crippen LogP contribution < -0.4 is 10.2 Å². The van der Waals surface area contributed by atoms with Gasteiger partial charge < -0.3 is 5.32 Å². The third kappa shape index (κ3) is 3.73. The zero-order valence-corrected chi connectivity index (χ0v) is 19.6. The Labute approximate surface area is 192 Å². The van der Waals surface area contributed by atoms with E-state index in [-0.39, 0.29) is 39.2 Å². The molecule has 0 bridgehead atoms. The molecule has 1 aliphatic heterocycles. The summed E-state index contributed by atoms with van der Waals surface area (Å²) < 4.78 is 0. The van der Waals surface area contributed by atoms with E-state index < -0.39 is 0 Å². The Hall–Kier alpha value is -1.99. The Morgan fingerprint density at radius 3 is 2.17 bits per heavy atom. The number of alkyl halides is 2. The number of hydrogen-bond donors (Lipinski definition) is 1. The van der Waals surface area contributed by atoms with Crippen molar-refractivity contribution in [3.05, 3.63) is 59.7 Å². The number of fused-ring (bicyclic) bond motifs is 1. The van der Waals surface area contributed by atoms with Crippen LogP contribution in [0.25, 0.3) is 0 Å². The lowest BCUT2D eigenvalue weighted by atomic mass is 9.81. The van der Waals surface area contributed by atoms with Crippen molar-refractivity contribution in [3.63, 3.8) is 0 Å². The van der Waals surface area contributed by atoms with Gasteiger partial charge in [0, 0.05) is 15.3 Å². The number of benzene rings is 2. The Morgan fingerprint density at radius 1 is 0.967 bits per heavy atom. The van der Waals surface area contributed by atoms with E-state index in [0.29, 0.717) is 24.1 Å². The lowest BCUT2D eigenvalue weighted by Crippen LogP contribution is -2.34. The second-order valence-corrected chi connectivity index (χ2v) is 10.1. The van der Waals surface area contributed by atoms with Crippen LogP contribution in [0, 0.1) is 11.8 Å². The van der Waals surface area contributed by atoms with Gasteiger partial charge in [0.05, 0.1) is 23.1 Å². The molecule has 5 nitrogen and oxygen atoms in total. The van der Waals surface area contributed by atoms with Crippen LogP contribution in [0.2, 0.25) is 0 Å². The molecular weight excluding hydrogens is 512 g/mol. The minimum Gasteiger partial charge on any atom is -0.322 e. The van der Waals surface area contributed by atoms with Crippen LogP contribution in [0.4, 0.5) is 11.4 Å². The van der Waals surface area contributed by atoms with Gasteiger partial charge in [0.1, 0.15) is 0 Å². The number of rotatable bonds is 4. The summed E-state index contributed by atoms with van der Waals surface area (Å²) in [4.78, 5) is 41.0. The lowest BCUT2D eigenvalue weighted by molar-refractivity contribution is -0.122. The number of anilines is 2. The number of aryl methyl sites for hydroxylation is 1. The molecule has 1 N–H and O–H groups in total. The number of para-hydroxylation sites is 2. The molecule has 1 heterocycles. The SMILES string of the molecule is CCc1ccccc1NC(=O)c1ccccc1N1C(=O)[C@H]2C[C@H](Br)[C@@H](Br)C[C@H]2C1=O. The minimum absolute atomic E-state index is 0.138. The maximum atomic E-state index is 13.2. The van der Waals surface area contributed by atoms with Gasteiger partial charge in [0.15, 0.2) is 0 Å². The Morgan fingerprint density at radius 2 is 1.53 bits per heavy atom. The fourth-order valence-electron chi connectivity index (χ4n) is 4.33. The van der Waals surface area contributed by atoms with Crippen LogP contribution in [0.15, 0.2) is 48.5 Å². The maximum absolute atomic E-state index is 13.2. The van der Waals surface area contributed by atoms with Crippen LogP contribution in [-0.4, -0.2) is 27.4 Å². The van der Waals surface area contributed by atoms with E-state index in [1.165, 1.54) is 4.90 Å². The molecule has 30 heavy (non-hydrogen) atoms. The second kappa shape index (κ2) is 8.63. The molecule has 1 saturated carbocycles. The number of imide groups is 1. The first-order valence-electron chi connectivity index (χ1n) is 10.1. The first-order chi connectivity index (χ1) is 14.4. The summed E-state index contributed by atoms with van der Waals surface area (Å²) in [6.07, 6.45) is 1.98. The van der Waals surface area contributed by atoms with Crippen molar-refractivity contribution in [1.29, 1.82) is 0 Å². The van der Waals surface area contributed by atoms with Gasteiger partial charge in [-0.15, -0.1) is 0 Å². The Bertz CT molecular complexity index is 981. The van der Waals surface area contributed by atoms with Crippen molar-refractivity contribution in [2.75, 3.05) is 10.2 Å². The molecule has 2 aliphatic rings. The molecule has 1 aliphatic carbocycles. The summed E-state index contributed by atoms with van der Waals surface area (Å²) in [5, 5.41) is 2.94. The van der Waals surface area contributed by atoms with E-state index >= 15 is 0 Å². The quantitative estimate of drug-likeness (QED) is 0.447. The summed E-state index contributed by atoms with van der Waals surface area (Å²) in [5.41, 5.74) is 2.42. The van der Waals surface area contributed by atoms with Gasteiger partial charge in [-0.2, -0.15) is 0 Å². The molecule has 7 heteroatoms. The molecule has 1 saturated heterocycles. The van der Waals surface area contributed by atoms with E-state index in [4.69, 9.17) is 0 Å². The average molecular weight is 534 g/mol. The van der Waals surface area contributed by atoms with E-state index in [2.05, 4.69) is 37.2 Å². The largest absolute Gasteiger partial charge is 0.322 e. The van der Waals surface area contributed by atoms with Gasteiger partial charge >= 0.3 is 0 Å². The van der Waals surface area contributed by atoms with Crippen molar-refractivity contribution < 1.29 is 14.4 Å². The third-order valence-electron chi connectivity index (χ3n) is 5.95. The van der Waals surface area contributed by atoms with Crippen LogP contribution in [0.1, 0.15) is 35.7 Å². The van der Waals surface area contributed by atoms with Crippen molar-refractivity contribution >= 4 is 61.0 Å². The smallest absolute Gasteiger partial charge is 0.257 e. The van der Waals surface area contributed by atoms with Gasteiger partial charge in [-0.1, -0.05) is 69.1 Å². The zero-order chi connectivity index (χ0) is 21.4. The minimum atomic E-state index is -0.354. The topological polar surface area (TPSA) is 66.5 Å². The first-order valence-corrected chi connectivity index (χ1v) is 11.9. The zero-order valence-electron chi connectivity index (χ0n) is 16.5. The summed E-state index contributed by atoms with van der Waals surface area (Å²) >= 11 is 7.22. The Kier molecular flexibility index (Phi) is 6.11. The van der Waals surface area contributed by atoms with Gasteiger partial charge in [-0.05, 0) is 43.0 Å². The molecule has 2 fully saturated rings. The second-order valence-electron chi connectivity index (χ2n) is 7.71. The number of nitrogens with zero attached hydrogens (tertiary/aromatic N) is 1. The number of carbonyl (C=O) groups excluding carboxylic acids is 3. The Balaban J connectivity index is 1.66. The molecule has 0 radical (unpaired) electrons. The summed E-state index contributed by atoms with van der Waals surface area (Å²) in [6.45, 7) is 2.02. The molecule has 0 spiro atoms. The molecule has 2 aromatic rings. The first kappa shape index (κ1) is 21.2. The molecular formula is C23H22Br2N2O3. The maximum Gasteiger partial charge on any atom is 0.257 e. The van der Waals surface area contributed by atoms with Crippen molar-refractivity contribution in [2.24, 2.45) is 11.8 Å². The van der Waals surface area contributed by atoms with Crippen molar-refractivity contribution in [1.82, 2.24) is 0 Å². The van der Waals surface area contributed by atoms with Crippen molar-refractivity contribution in [3.8, 4) is 0 Å². The van der Waals surface area contributed by atoms with Crippen LogP contribution in [-0.2, 0) is 16.0 Å². The van der Waals surface area contributed by atoms with Gasteiger partial charge in [-0.25, -0.2) is 4.90 Å². The summed E-state index contributed by atoms with van der Waals surface area (Å²) in [6, 6.07) is 14.4. The highest BCUT2D eigenvalue weighted by atomic mass is 79.9. The highest BCUT2D eigenvalue weighted by Crippen LogP contribution is 2.44.